The van der Waals surface area contributed by atoms with Crippen LogP contribution in [0, 0.1) is 0 Å². The molecular weight excluding hydrogens is 486 g/mol. The number of anilines is 1. The first-order valence-corrected chi connectivity index (χ1v) is 14.1. The number of benzene rings is 2. The van der Waals surface area contributed by atoms with Gasteiger partial charge in [-0.2, -0.15) is 0 Å². The van der Waals surface area contributed by atoms with Gasteiger partial charge in [-0.3, -0.25) is 9.78 Å². The van der Waals surface area contributed by atoms with Gasteiger partial charge in [-0.1, -0.05) is 36.4 Å². The van der Waals surface area contributed by atoms with Gasteiger partial charge in [0.15, 0.2) is 9.84 Å². The van der Waals surface area contributed by atoms with Crippen LogP contribution in [0.15, 0.2) is 79.5 Å². The Bertz CT molecular complexity index is 1420. The van der Waals surface area contributed by atoms with Gasteiger partial charge in [0.2, 0.25) is 5.91 Å². The summed E-state index contributed by atoms with van der Waals surface area (Å²) in [6.07, 6.45) is 5.50. The molecule has 3 N–H and O–H groups in total. The molecule has 1 spiro atoms. The van der Waals surface area contributed by atoms with Gasteiger partial charge in [-0.15, -0.1) is 6.58 Å². The lowest BCUT2D eigenvalue weighted by Gasteiger charge is -2.45. The van der Waals surface area contributed by atoms with Crippen molar-refractivity contribution in [2.24, 2.45) is 5.73 Å². The van der Waals surface area contributed by atoms with Crippen LogP contribution in [-0.4, -0.2) is 37.7 Å². The maximum Gasteiger partial charge on any atom is 0.248 e. The van der Waals surface area contributed by atoms with E-state index in [1.807, 2.05) is 24.3 Å². The van der Waals surface area contributed by atoms with E-state index >= 15 is 0 Å². The minimum Gasteiger partial charge on any atom is -0.490 e. The lowest BCUT2D eigenvalue weighted by Crippen LogP contribution is -2.55. The van der Waals surface area contributed by atoms with Gasteiger partial charge in [0.05, 0.1) is 22.0 Å². The lowest BCUT2D eigenvalue weighted by molar-refractivity contribution is 0.1000. The van der Waals surface area contributed by atoms with Crippen molar-refractivity contribution in [2.75, 3.05) is 18.5 Å². The normalized spacial score (nSPS) is 21.5. The number of amides is 1. The molecule has 0 bridgehead atoms. The van der Waals surface area contributed by atoms with E-state index < -0.39 is 31.7 Å². The fourth-order valence-corrected chi connectivity index (χ4v) is 8.48. The van der Waals surface area contributed by atoms with Crippen LogP contribution < -0.4 is 15.8 Å². The second-order valence-corrected chi connectivity index (χ2v) is 12.1. The SMILES string of the molecule is C=CCC[C@@H](c1ccccn1)S(=O)(=O)C1CCc2ccccc2C12CNc1cc(C(N)=O)ccc1OC2. The molecule has 2 aromatic carbocycles. The van der Waals surface area contributed by atoms with Crippen LogP contribution in [0.25, 0.3) is 0 Å². The maximum absolute atomic E-state index is 14.6. The highest BCUT2D eigenvalue weighted by molar-refractivity contribution is 7.92. The zero-order chi connectivity index (χ0) is 26.0. The molecule has 7 nitrogen and oxygen atoms in total. The van der Waals surface area contributed by atoms with Crippen LogP contribution >= 0.6 is 0 Å². The van der Waals surface area contributed by atoms with Crippen molar-refractivity contribution in [3.8, 4) is 5.75 Å². The molecular formula is C29H31N3O4S. The summed E-state index contributed by atoms with van der Waals surface area (Å²) in [7, 11) is -3.73. The Morgan fingerprint density at radius 3 is 2.78 bits per heavy atom. The maximum atomic E-state index is 14.6. The Morgan fingerprint density at radius 1 is 1.22 bits per heavy atom. The molecule has 37 heavy (non-hydrogen) atoms. The second kappa shape index (κ2) is 10.0. The molecule has 3 aromatic rings. The number of hydrogen-bond acceptors (Lipinski definition) is 6. The van der Waals surface area contributed by atoms with Crippen LogP contribution in [0.2, 0.25) is 0 Å². The molecule has 0 saturated carbocycles. The summed E-state index contributed by atoms with van der Waals surface area (Å²) in [5, 5.41) is 1.95. The highest BCUT2D eigenvalue weighted by Gasteiger charge is 2.54. The number of rotatable bonds is 7. The van der Waals surface area contributed by atoms with Gasteiger partial charge in [0, 0.05) is 18.3 Å². The smallest absolute Gasteiger partial charge is 0.248 e. The Morgan fingerprint density at radius 2 is 2.03 bits per heavy atom. The Kier molecular flexibility index (Phi) is 6.77. The molecule has 3 atom stereocenters. The predicted molar refractivity (Wildman–Crippen MR) is 145 cm³/mol. The van der Waals surface area contributed by atoms with E-state index in [1.165, 1.54) is 0 Å². The largest absolute Gasteiger partial charge is 0.490 e. The van der Waals surface area contributed by atoms with Crippen molar-refractivity contribution < 1.29 is 17.9 Å². The Balaban J connectivity index is 1.61. The fourth-order valence-electron chi connectivity index (χ4n) is 5.79. The van der Waals surface area contributed by atoms with E-state index in [0.29, 0.717) is 54.9 Å². The zero-order valence-corrected chi connectivity index (χ0v) is 21.4. The summed E-state index contributed by atoms with van der Waals surface area (Å²) >= 11 is 0. The number of nitrogens with one attached hydrogen (secondary N) is 1. The van der Waals surface area contributed by atoms with Crippen molar-refractivity contribution in [3.05, 3.63) is 102 Å². The number of carbonyl (C=O) groups is 1. The van der Waals surface area contributed by atoms with Gasteiger partial charge in [0.1, 0.15) is 17.6 Å². The number of fused-ring (bicyclic) bond motifs is 3. The average Bonchev–Trinajstić information content (AvgIpc) is 3.09. The monoisotopic (exact) mass is 517 g/mol. The van der Waals surface area contributed by atoms with Gasteiger partial charge in [-0.05, 0) is 67.1 Å². The minimum atomic E-state index is -3.73. The number of nitrogens with zero attached hydrogens (tertiary/aromatic N) is 1. The van der Waals surface area contributed by atoms with E-state index in [4.69, 9.17) is 10.5 Å². The van der Waals surface area contributed by atoms with Crippen LogP contribution in [0.5, 0.6) is 5.75 Å². The standard InChI is InChI=1S/C29H31N3O4S/c1-2-3-11-26(23-10-6-7-16-31-23)37(34,35)27-15-13-20-8-4-5-9-22(20)29(27)18-32-24-17-21(28(30)33)12-14-25(24)36-19-29/h2,4-10,12,14,16-17,26-27,32H,1,3,11,13,15,18-19H2,(H2,30,33)/t26-,27?,29?/m0/s1. The van der Waals surface area contributed by atoms with Gasteiger partial charge < -0.3 is 15.8 Å². The van der Waals surface area contributed by atoms with E-state index in [-0.39, 0.29) is 6.61 Å². The number of hydrogen-bond donors (Lipinski definition) is 2. The molecule has 1 aromatic heterocycles. The molecule has 2 heterocycles. The van der Waals surface area contributed by atoms with Gasteiger partial charge in [-0.25, -0.2) is 8.42 Å². The third kappa shape index (κ3) is 4.50. The Labute approximate surface area is 217 Å². The number of pyridine rings is 1. The van der Waals surface area contributed by atoms with E-state index in [0.717, 1.165) is 11.1 Å². The number of primary amides is 1. The van der Waals surface area contributed by atoms with Crippen LogP contribution in [-0.2, 0) is 21.7 Å². The summed E-state index contributed by atoms with van der Waals surface area (Å²) in [4.78, 5) is 16.2. The van der Waals surface area contributed by atoms with E-state index in [9.17, 15) is 13.2 Å². The van der Waals surface area contributed by atoms with Gasteiger partial charge in [0.25, 0.3) is 0 Å². The van der Waals surface area contributed by atoms with E-state index in [1.54, 1.807) is 42.6 Å². The van der Waals surface area contributed by atoms with Crippen LogP contribution in [0.4, 0.5) is 5.69 Å². The summed E-state index contributed by atoms with van der Waals surface area (Å²) in [5.41, 5.74) is 8.29. The predicted octanol–water partition coefficient (Wildman–Crippen LogP) is 4.36. The number of ether oxygens (including phenoxy) is 1. The summed E-state index contributed by atoms with van der Waals surface area (Å²) in [6.45, 7) is 4.32. The minimum absolute atomic E-state index is 0.181. The molecule has 192 valence electrons. The number of aromatic nitrogens is 1. The number of allylic oxidation sites excluding steroid dienone is 1. The second-order valence-electron chi connectivity index (χ2n) is 9.76. The third-order valence-electron chi connectivity index (χ3n) is 7.63. The van der Waals surface area contributed by atoms with Gasteiger partial charge >= 0.3 is 0 Å². The highest BCUT2D eigenvalue weighted by atomic mass is 32.2. The first kappa shape index (κ1) is 25.0. The molecule has 0 fully saturated rings. The molecule has 2 unspecified atom stereocenters. The first-order valence-electron chi connectivity index (χ1n) is 12.5. The topological polar surface area (TPSA) is 111 Å². The Hall–Kier alpha value is -3.65. The van der Waals surface area contributed by atoms with Crippen LogP contribution in [0.1, 0.15) is 51.7 Å². The van der Waals surface area contributed by atoms with Crippen molar-refractivity contribution in [1.82, 2.24) is 4.98 Å². The quantitative estimate of drug-likeness (QED) is 0.451. The summed E-state index contributed by atoms with van der Waals surface area (Å²) in [6, 6.07) is 18.4. The molecule has 2 aliphatic rings. The number of carbonyl (C=O) groups excluding carboxylic acids is 1. The van der Waals surface area contributed by atoms with E-state index in [2.05, 4.69) is 22.9 Å². The van der Waals surface area contributed by atoms with Crippen LogP contribution in [0.3, 0.4) is 0 Å². The third-order valence-corrected chi connectivity index (χ3v) is 10.4. The van der Waals surface area contributed by atoms with Crippen molar-refractivity contribution in [2.45, 2.75) is 41.6 Å². The fraction of sp³-hybridized carbons (Fsp3) is 0.310. The molecule has 1 amide bonds. The van der Waals surface area contributed by atoms with Crippen molar-refractivity contribution in [1.29, 1.82) is 0 Å². The zero-order valence-electron chi connectivity index (χ0n) is 20.6. The molecule has 0 radical (unpaired) electrons. The molecule has 5 rings (SSSR count). The lowest BCUT2D eigenvalue weighted by atomic mass is 9.70. The average molecular weight is 518 g/mol. The van der Waals surface area contributed by atoms with Crippen molar-refractivity contribution >= 4 is 21.4 Å². The number of nitrogens with two attached hydrogens (primary N) is 1. The molecule has 1 aliphatic carbocycles. The molecule has 0 saturated heterocycles. The number of aryl methyl sites for hydroxylation is 1. The number of sulfone groups is 1. The summed E-state index contributed by atoms with van der Waals surface area (Å²) < 4.78 is 35.5. The molecule has 8 heteroatoms. The molecule has 1 aliphatic heterocycles. The summed E-state index contributed by atoms with van der Waals surface area (Å²) in [5.74, 6) is 0.0291. The highest BCUT2D eigenvalue weighted by Crippen LogP contribution is 2.47. The first-order chi connectivity index (χ1) is 17.9. The van der Waals surface area contributed by atoms with Crippen molar-refractivity contribution in [3.63, 3.8) is 0 Å².